The minimum atomic E-state index is -5.39. The zero-order valence-electron chi connectivity index (χ0n) is 22.1. The highest BCUT2D eigenvalue weighted by atomic mass is 19.4. The molecular weight excluding hydrogens is 494 g/mol. The van der Waals surface area contributed by atoms with Gasteiger partial charge in [-0.15, -0.1) is 5.46 Å². The van der Waals surface area contributed by atoms with E-state index in [4.69, 9.17) is 9.47 Å². The average Bonchev–Trinajstić information content (AvgIpc) is 3.15. The number of benzene rings is 3. The lowest BCUT2D eigenvalue weighted by atomic mass is 9.75. The van der Waals surface area contributed by atoms with Crippen LogP contribution in [0.15, 0.2) is 60.7 Å². The van der Waals surface area contributed by atoms with Crippen LogP contribution in [0.3, 0.4) is 0 Å². The van der Waals surface area contributed by atoms with Crippen molar-refractivity contribution in [3.8, 4) is 11.1 Å². The van der Waals surface area contributed by atoms with Gasteiger partial charge in [-0.25, -0.2) is 4.79 Å². The van der Waals surface area contributed by atoms with Crippen LogP contribution >= 0.6 is 0 Å². The van der Waals surface area contributed by atoms with E-state index in [-0.39, 0.29) is 35.8 Å². The van der Waals surface area contributed by atoms with E-state index in [1.807, 2.05) is 48.5 Å². The Bertz CT molecular complexity index is 1340. The van der Waals surface area contributed by atoms with Gasteiger partial charge in [-0.05, 0) is 61.6 Å². The molecule has 0 bridgehead atoms. The molecule has 1 aliphatic rings. The summed E-state index contributed by atoms with van der Waals surface area (Å²) in [6.45, 7) is 1.01. The zero-order chi connectivity index (χ0) is 27.8. The number of anilines is 1. The molecule has 0 spiro atoms. The molecule has 0 atom stereocenters. The van der Waals surface area contributed by atoms with Gasteiger partial charge in [0.15, 0.2) is 0 Å². The Hall–Kier alpha value is -3.75. The molecule has 0 unspecified atom stereocenters. The largest absolute Gasteiger partial charge is 0.509 e. The summed E-state index contributed by atoms with van der Waals surface area (Å²) in [5.74, 6) is -0.836. The van der Waals surface area contributed by atoms with E-state index in [1.54, 1.807) is 20.8 Å². The standard InChI is InChI=1S/C29H30BF3NO4/c1-18-19(15-27(35)38-29(2,3)4)14-20(16-26(18)30(31,32)33)34(5)28(36)37-17-25-23-12-8-6-10-21(23)22-11-7-9-13-24(22)25/h6-14,16,25H,15,17H2,1-5H3/q-1. The number of nitrogens with zero attached hydrogens (tertiary/aromatic N) is 1. The van der Waals surface area contributed by atoms with Crippen molar-refractivity contribution in [3.05, 3.63) is 82.9 Å². The molecular formula is C29H30BF3NO4-. The van der Waals surface area contributed by atoms with E-state index in [1.165, 1.54) is 20.0 Å². The van der Waals surface area contributed by atoms with Crippen molar-refractivity contribution in [2.75, 3.05) is 18.6 Å². The van der Waals surface area contributed by atoms with E-state index in [0.29, 0.717) is 0 Å². The van der Waals surface area contributed by atoms with Crippen LogP contribution < -0.4 is 10.4 Å². The summed E-state index contributed by atoms with van der Waals surface area (Å²) in [5, 5.41) is 0. The highest BCUT2D eigenvalue weighted by Crippen LogP contribution is 2.44. The maximum atomic E-state index is 13.9. The molecule has 0 aromatic heterocycles. The van der Waals surface area contributed by atoms with E-state index >= 15 is 0 Å². The normalized spacial score (nSPS) is 13.1. The van der Waals surface area contributed by atoms with E-state index in [9.17, 15) is 22.5 Å². The first-order valence-electron chi connectivity index (χ1n) is 12.4. The van der Waals surface area contributed by atoms with Crippen molar-refractivity contribution >= 4 is 30.2 Å². The van der Waals surface area contributed by atoms with Crippen LogP contribution in [0.4, 0.5) is 23.4 Å². The third-order valence-electron chi connectivity index (χ3n) is 6.64. The number of fused-ring (bicyclic) bond motifs is 3. The number of esters is 1. The van der Waals surface area contributed by atoms with Gasteiger partial charge in [0, 0.05) is 18.7 Å². The second-order valence-corrected chi connectivity index (χ2v) is 10.5. The Kier molecular flexibility index (Phi) is 7.32. The van der Waals surface area contributed by atoms with Crippen LogP contribution in [-0.2, 0) is 20.7 Å². The number of halogens is 3. The van der Waals surface area contributed by atoms with Gasteiger partial charge in [-0.3, -0.25) is 9.69 Å². The molecule has 0 heterocycles. The third-order valence-corrected chi connectivity index (χ3v) is 6.64. The first-order valence-corrected chi connectivity index (χ1v) is 12.4. The Balaban J connectivity index is 1.57. The van der Waals surface area contributed by atoms with Crippen LogP contribution in [0.25, 0.3) is 11.1 Å². The Labute approximate surface area is 220 Å². The molecule has 38 heavy (non-hydrogen) atoms. The fourth-order valence-electron chi connectivity index (χ4n) is 4.83. The number of rotatable bonds is 6. The predicted molar refractivity (Wildman–Crippen MR) is 143 cm³/mol. The van der Waals surface area contributed by atoms with Gasteiger partial charge in [0.05, 0.1) is 6.42 Å². The molecule has 3 aromatic rings. The van der Waals surface area contributed by atoms with Crippen LogP contribution in [0.5, 0.6) is 0 Å². The van der Waals surface area contributed by atoms with Crippen molar-refractivity contribution in [1.29, 1.82) is 0 Å². The van der Waals surface area contributed by atoms with Crippen LogP contribution in [0, 0.1) is 6.92 Å². The second kappa shape index (κ2) is 10.2. The SMILES string of the molecule is Cc1c(CC(=O)OC(C)(C)C)cc(N(C)C(=O)OCC2c3ccccc3-c3ccccc32)cc1[B-](F)(F)F. The monoisotopic (exact) mass is 524 g/mol. The smallest absolute Gasteiger partial charge is 0.460 e. The Morgan fingerprint density at radius 1 is 0.947 bits per heavy atom. The fourth-order valence-corrected chi connectivity index (χ4v) is 4.83. The highest BCUT2D eigenvalue weighted by Gasteiger charge is 2.32. The van der Waals surface area contributed by atoms with Crippen molar-refractivity contribution in [2.45, 2.75) is 45.6 Å². The van der Waals surface area contributed by atoms with Gasteiger partial charge in [0.25, 0.3) is 0 Å². The quantitative estimate of drug-likeness (QED) is 0.280. The van der Waals surface area contributed by atoms with E-state index < -0.39 is 30.1 Å². The van der Waals surface area contributed by atoms with Crippen molar-refractivity contribution in [1.82, 2.24) is 0 Å². The summed E-state index contributed by atoms with van der Waals surface area (Å²) in [7, 11) is 1.36. The second-order valence-electron chi connectivity index (χ2n) is 10.5. The summed E-state index contributed by atoms with van der Waals surface area (Å²) in [4.78, 5) is 26.5. The average molecular weight is 524 g/mol. The summed E-state index contributed by atoms with van der Waals surface area (Å²) in [5.41, 5.74) is 2.62. The van der Waals surface area contributed by atoms with Gasteiger partial charge >= 0.3 is 19.0 Å². The number of hydrogen-bond donors (Lipinski definition) is 0. The molecule has 0 N–H and O–H groups in total. The van der Waals surface area contributed by atoms with Crippen LogP contribution in [-0.4, -0.2) is 38.3 Å². The minimum Gasteiger partial charge on any atom is -0.460 e. The molecule has 1 amide bonds. The fraction of sp³-hybridized carbons (Fsp3) is 0.310. The van der Waals surface area contributed by atoms with Crippen molar-refractivity contribution in [3.63, 3.8) is 0 Å². The van der Waals surface area contributed by atoms with Crippen molar-refractivity contribution < 1.29 is 32.0 Å². The van der Waals surface area contributed by atoms with Gasteiger partial charge in [0.2, 0.25) is 0 Å². The first kappa shape index (κ1) is 27.3. The topological polar surface area (TPSA) is 55.8 Å². The van der Waals surface area contributed by atoms with Gasteiger partial charge in [-0.1, -0.05) is 60.2 Å². The number of carbonyl (C=O) groups excluding carboxylic acids is 2. The molecule has 0 saturated heterocycles. The van der Waals surface area contributed by atoms with Gasteiger partial charge < -0.3 is 22.4 Å². The first-order chi connectivity index (χ1) is 17.8. The maximum absolute atomic E-state index is 13.9. The summed E-state index contributed by atoms with van der Waals surface area (Å²) < 4.78 is 52.7. The van der Waals surface area contributed by atoms with Crippen molar-refractivity contribution in [2.24, 2.45) is 0 Å². The molecule has 200 valence electrons. The Morgan fingerprint density at radius 3 is 2.03 bits per heavy atom. The van der Waals surface area contributed by atoms with Crippen LogP contribution in [0.2, 0.25) is 0 Å². The molecule has 0 fully saturated rings. The molecule has 0 saturated carbocycles. The summed E-state index contributed by atoms with van der Waals surface area (Å²) in [6.07, 6.45) is -1.14. The van der Waals surface area contributed by atoms with Gasteiger partial charge in [-0.2, -0.15) is 0 Å². The predicted octanol–water partition coefficient (Wildman–Crippen LogP) is 6.32. The number of hydrogen-bond acceptors (Lipinski definition) is 4. The number of carbonyl (C=O) groups is 2. The molecule has 4 rings (SSSR count). The lowest BCUT2D eigenvalue weighted by Gasteiger charge is -2.26. The minimum absolute atomic E-state index is 0.0134. The molecule has 9 heteroatoms. The number of ether oxygens (including phenoxy) is 2. The molecule has 3 aromatic carbocycles. The lowest BCUT2D eigenvalue weighted by Crippen LogP contribution is -2.39. The Morgan fingerprint density at radius 2 is 1.50 bits per heavy atom. The maximum Gasteiger partial charge on any atom is 0.509 e. The molecule has 1 aliphatic carbocycles. The third kappa shape index (κ3) is 5.71. The van der Waals surface area contributed by atoms with E-state index in [0.717, 1.165) is 33.2 Å². The number of amides is 1. The zero-order valence-corrected chi connectivity index (χ0v) is 22.1. The summed E-state index contributed by atoms with van der Waals surface area (Å²) in [6, 6.07) is 18.1. The lowest BCUT2D eigenvalue weighted by molar-refractivity contribution is -0.153. The van der Waals surface area contributed by atoms with Crippen LogP contribution in [0.1, 0.15) is 48.9 Å². The van der Waals surface area contributed by atoms with E-state index in [2.05, 4.69) is 0 Å². The highest BCUT2D eigenvalue weighted by molar-refractivity contribution is 6.74. The molecule has 0 aliphatic heterocycles. The van der Waals surface area contributed by atoms with Gasteiger partial charge in [0.1, 0.15) is 12.2 Å². The molecule has 0 radical (unpaired) electrons. The molecule has 5 nitrogen and oxygen atoms in total. The summed E-state index contributed by atoms with van der Waals surface area (Å²) >= 11 is 0.